The van der Waals surface area contributed by atoms with Crippen LogP contribution in [0.15, 0.2) is 35.5 Å². The van der Waals surface area contributed by atoms with Gasteiger partial charge >= 0.3 is 6.03 Å². The van der Waals surface area contributed by atoms with Crippen molar-refractivity contribution in [1.82, 2.24) is 10.2 Å². The Morgan fingerprint density at radius 3 is 2.33 bits per heavy atom. The summed E-state index contributed by atoms with van der Waals surface area (Å²) in [6, 6.07) is 9.04. The molecule has 0 radical (unpaired) electrons. The highest BCUT2D eigenvalue weighted by atomic mass is 16.4. The molecule has 1 aromatic carbocycles. The van der Waals surface area contributed by atoms with Gasteiger partial charge in [0.05, 0.1) is 5.54 Å². The van der Waals surface area contributed by atoms with E-state index in [9.17, 15) is 10.0 Å². The molecule has 0 aliphatic carbocycles. The number of rotatable bonds is 3. The summed E-state index contributed by atoms with van der Waals surface area (Å²) >= 11 is 0. The van der Waals surface area contributed by atoms with Crippen molar-refractivity contribution in [2.24, 2.45) is 5.16 Å². The number of oxime groups is 1. The van der Waals surface area contributed by atoms with Crippen molar-refractivity contribution in [3.63, 3.8) is 0 Å². The molecule has 0 aromatic heterocycles. The number of nitrogens with zero attached hydrogens (tertiary/aromatic N) is 2. The summed E-state index contributed by atoms with van der Waals surface area (Å²) in [6.45, 7) is 3.65. The molecule has 0 saturated carbocycles. The molecular weight excluding hydrogens is 230 g/mol. The maximum atomic E-state index is 11.7. The molecule has 2 amide bonds. The third-order valence-electron chi connectivity index (χ3n) is 3.08. The molecule has 18 heavy (non-hydrogen) atoms. The van der Waals surface area contributed by atoms with Gasteiger partial charge in [0.15, 0.2) is 0 Å². The van der Waals surface area contributed by atoms with E-state index in [4.69, 9.17) is 0 Å². The molecule has 0 bridgehead atoms. The molecule has 0 aliphatic rings. The van der Waals surface area contributed by atoms with Gasteiger partial charge in [-0.15, -0.1) is 0 Å². The van der Waals surface area contributed by atoms with Gasteiger partial charge in [-0.05, 0) is 13.8 Å². The monoisotopic (exact) mass is 249 g/mol. The summed E-state index contributed by atoms with van der Waals surface area (Å²) in [4.78, 5) is 13.2. The number of carbonyl (C=O) groups excluding carboxylic acids is 1. The van der Waals surface area contributed by atoms with E-state index in [1.165, 1.54) is 4.90 Å². The van der Waals surface area contributed by atoms with Gasteiger partial charge in [0, 0.05) is 19.7 Å². The fourth-order valence-electron chi connectivity index (χ4n) is 1.71. The summed E-state index contributed by atoms with van der Waals surface area (Å²) in [5.74, 6) is 0. The summed E-state index contributed by atoms with van der Waals surface area (Å²) in [5, 5.41) is 15.2. The van der Waals surface area contributed by atoms with Crippen molar-refractivity contribution in [3.05, 3.63) is 35.9 Å². The SMILES string of the molecule is CNC(=O)N(C)C(C)(C)C(=NO)c1ccccc1. The quantitative estimate of drug-likeness (QED) is 0.488. The van der Waals surface area contributed by atoms with Gasteiger partial charge in [-0.1, -0.05) is 35.5 Å². The van der Waals surface area contributed by atoms with E-state index >= 15 is 0 Å². The van der Waals surface area contributed by atoms with E-state index < -0.39 is 5.54 Å². The first-order chi connectivity index (χ1) is 8.45. The molecule has 1 aromatic rings. The Morgan fingerprint density at radius 2 is 1.89 bits per heavy atom. The molecular formula is C13H19N3O2. The highest BCUT2D eigenvalue weighted by Gasteiger charge is 2.34. The average Bonchev–Trinajstić information content (AvgIpc) is 2.38. The molecule has 1 rings (SSSR count). The van der Waals surface area contributed by atoms with Crippen LogP contribution < -0.4 is 5.32 Å². The van der Waals surface area contributed by atoms with Gasteiger partial charge in [0.25, 0.3) is 0 Å². The van der Waals surface area contributed by atoms with E-state index in [0.717, 1.165) is 5.56 Å². The number of urea groups is 1. The van der Waals surface area contributed by atoms with Crippen molar-refractivity contribution in [3.8, 4) is 0 Å². The third kappa shape index (κ3) is 2.61. The van der Waals surface area contributed by atoms with Crippen LogP contribution in [0.2, 0.25) is 0 Å². The minimum atomic E-state index is -0.726. The van der Waals surface area contributed by atoms with Gasteiger partial charge in [-0.3, -0.25) is 0 Å². The standard InChI is InChI=1S/C13H19N3O2/c1-13(2,16(4)12(17)14-3)11(15-18)10-8-6-5-7-9-10/h5-9,18H,1-4H3,(H,14,17). The van der Waals surface area contributed by atoms with E-state index in [-0.39, 0.29) is 6.03 Å². The highest BCUT2D eigenvalue weighted by Crippen LogP contribution is 2.20. The van der Waals surface area contributed by atoms with Crippen LogP contribution in [-0.2, 0) is 0 Å². The maximum absolute atomic E-state index is 11.7. The first-order valence-corrected chi connectivity index (χ1v) is 5.68. The topological polar surface area (TPSA) is 64.9 Å². The Balaban J connectivity index is 3.13. The number of amides is 2. The van der Waals surface area contributed by atoms with E-state index in [1.54, 1.807) is 14.1 Å². The zero-order valence-electron chi connectivity index (χ0n) is 11.1. The number of carbonyl (C=O) groups is 1. The molecule has 5 heteroatoms. The Hall–Kier alpha value is -2.04. The minimum Gasteiger partial charge on any atom is -0.411 e. The lowest BCUT2D eigenvalue weighted by molar-refractivity contribution is 0.184. The number of nitrogens with one attached hydrogen (secondary N) is 1. The molecule has 5 nitrogen and oxygen atoms in total. The lowest BCUT2D eigenvalue weighted by Gasteiger charge is -2.35. The molecule has 0 fully saturated rings. The number of hydrogen-bond acceptors (Lipinski definition) is 3. The van der Waals surface area contributed by atoms with Gasteiger partial charge in [0.1, 0.15) is 5.71 Å². The van der Waals surface area contributed by atoms with Crippen molar-refractivity contribution in [2.45, 2.75) is 19.4 Å². The minimum absolute atomic E-state index is 0.239. The fraction of sp³-hybridized carbons (Fsp3) is 0.385. The fourth-order valence-corrected chi connectivity index (χ4v) is 1.71. The number of likely N-dealkylation sites (N-methyl/N-ethyl adjacent to an activating group) is 1. The maximum Gasteiger partial charge on any atom is 0.317 e. The molecule has 0 aliphatic heterocycles. The van der Waals surface area contributed by atoms with E-state index in [0.29, 0.717) is 5.71 Å². The van der Waals surface area contributed by atoms with Crippen LogP contribution in [0, 0.1) is 0 Å². The normalized spacial score (nSPS) is 12.1. The summed E-state index contributed by atoms with van der Waals surface area (Å²) in [5.41, 5.74) is 0.492. The first-order valence-electron chi connectivity index (χ1n) is 5.68. The Kier molecular flexibility index (Phi) is 4.31. The second-order valence-corrected chi connectivity index (χ2v) is 4.49. The van der Waals surface area contributed by atoms with Crippen molar-refractivity contribution in [1.29, 1.82) is 0 Å². The smallest absolute Gasteiger partial charge is 0.317 e. The molecule has 2 N–H and O–H groups in total. The zero-order valence-corrected chi connectivity index (χ0v) is 11.1. The molecule has 0 atom stereocenters. The van der Waals surface area contributed by atoms with Crippen molar-refractivity contribution >= 4 is 11.7 Å². The lowest BCUT2D eigenvalue weighted by Crippen LogP contribution is -2.53. The van der Waals surface area contributed by atoms with Gasteiger partial charge in [-0.25, -0.2) is 4.79 Å². The lowest BCUT2D eigenvalue weighted by atomic mass is 9.91. The van der Waals surface area contributed by atoms with Crippen LogP contribution in [0.5, 0.6) is 0 Å². The predicted molar refractivity (Wildman–Crippen MR) is 71.1 cm³/mol. The Morgan fingerprint density at radius 1 is 1.33 bits per heavy atom. The van der Waals surface area contributed by atoms with Crippen LogP contribution in [-0.4, -0.2) is 41.5 Å². The number of hydrogen-bond donors (Lipinski definition) is 2. The van der Waals surface area contributed by atoms with Crippen LogP contribution in [0.25, 0.3) is 0 Å². The second kappa shape index (κ2) is 5.53. The second-order valence-electron chi connectivity index (χ2n) is 4.49. The molecule has 98 valence electrons. The third-order valence-corrected chi connectivity index (χ3v) is 3.08. The average molecular weight is 249 g/mol. The molecule has 0 heterocycles. The Labute approximate surface area is 107 Å². The van der Waals surface area contributed by atoms with Crippen molar-refractivity contribution < 1.29 is 10.0 Å². The number of benzene rings is 1. The van der Waals surface area contributed by atoms with Gasteiger partial charge < -0.3 is 15.4 Å². The van der Waals surface area contributed by atoms with Gasteiger partial charge in [0.2, 0.25) is 0 Å². The summed E-state index contributed by atoms with van der Waals surface area (Å²) in [7, 11) is 3.22. The first kappa shape index (κ1) is 14.0. The predicted octanol–water partition coefficient (Wildman–Crippen LogP) is 1.91. The van der Waals surface area contributed by atoms with Crippen LogP contribution in [0.1, 0.15) is 19.4 Å². The highest BCUT2D eigenvalue weighted by molar-refractivity contribution is 6.07. The van der Waals surface area contributed by atoms with Gasteiger partial charge in [-0.2, -0.15) is 0 Å². The van der Waals surface area contributed by atoms with Crippen LogP contribution in [0.3, 0.4) is 0 Å². The van der Waals surface area contributed by atoms with E-state index in [2.05, 4.69) is 10.5 Å². The largest absolute Gasteiger partial charge is 0.411 e. The van der Waals surface area contributed by atoms with E-state index in [1.807, 2.05) is 44.2 Å². The Bertz CT molecular complexity index is 441. The van der Waals surface area contributed by atoms with Crippen molar-refractivity contribution in [2.75, 3.05) is 14.1 Å². The molecule has 0 saturated heterocycles. The van der Waals surface area contributed by atoms with Crippen LogP contribution in [0.4, 0.5) is 4.79 Å². The molecule has 0 spiro atoms. The zero-order chi connectivity index (χ0) is 13.8. The van der Waals surface area contributed by atoms with Crippen LogP contribution >= 0.6 is 0 Å². The summed E-state index contributed by atoms with van der Waals surface area (Å²) in [6.07, 6.45) is 0. The summed E-state index contributed by atoms with van der Waals surface area (Å²) < 4.78 is 0. The molecule has 0 unspecified atom stereocenters.